The highest BCUT2D eigenvalue weighted by Gasteiger charge is 2.33. The summed E-state index contributed by atoms with van der Waals surface area (Å²) in [6.45, 7) is 5.06. The predicted octanol–water partition coefficient (Wildman–Crippen LogP) is 3.61. The van der Waals surface area contributed by atoms with E-state index in [4.69, 9.17) is 11.6 Å². The van der Waals surface area contributed by atoms with Crippen molar-refractivity contribution in [2.24, 2.45) is 5.92 Å². The number of hydrogen-bond donors (Lipinski definition) is 1. The third kappa shape index (κ3) is 5.46. The Kier molecular flexibility index (Phi) is 7.85. The van der Waals surface area contributed by atoms with E-state index in [0.29, 0.717) is 18.7 Å². The zero-order valence-corrected chi connectivity index (χ0v) is 18.9. The summed E-state index contributed by atoms with van der Waals surface area (Å²) in [6.07, 6.45) is 0.720. The molecule has 2 aromatic rings. The minimum Gasteiger partial charge on any atom is -0.340 e. The highest BCUT2D eigenvalue weighted by atomic mass is 35.5. The van der Waals surface area contributed by atoms with Crippen LogP contribution in [0.4, 0.5) is 4.39 Å². The fourth-order valence-electron chi connectivity index (χ4n) is 3.66. The first-order valence-electron chi connectivity index (χ1n) is 10.7. The smallest absolute Gasteiger partial charge is 0.257 e. The molecule has 2 unspecified atom stereocenters. The first-order chi connectivity index (χ1) is 15.3. The summed E-state index contributed by atoms with van der Waals surface area (Å²) in [7, 11) is 0. The van der Waals surface area contributed by atoms with Crippen molar-refractivity contribution in [2.45, 2.75) is 26.3 Å². The minimum atomic E-state index is -0.666. The molecule has 1 fully saturated rings. The molecule has 0 radical (unpaired) electrons. The molecule has 0 bridgehead atoms. The van der Waals surface area contributed by atoms with Gasteiger partial charge < -0.3 is 15.1 Å². The molecule has 32 heavy (non-hydrogen) atoms. The fraction of sp³-hybridized carbons (Fsp3) is 0.375. The van der Waals surface area contributed by atoms with Gasteiger partial charge in [0.05, 0.1) is 5.56 Å². The number of benzene rings is 2. The summed E-state index contributed by atoms with van der Waals surface area (Å²) < 4.78 is 14.1. The van der Waals surface area contributed by atoms with Crippen molar-refractivity contribution in [3.8, 4) is 0 Å². The van der Waals surface area contributed by atoms with E-state index >= 15 is 0 Å². The molecule has 0 spiro atoms. The molecular formula is C24H27ClFN3O3. The van der Waals surface area contributed by atoms with Crippen LogP contribution >= 0.6 is 11.6 Å². The number of carbonyl (C=O) groups excluding carboxylic acids is 3. The normalized spacial score (nSPS) is 15.8. The van der Waals surface area contributed by atoms with E-state index in [1.165, 1.54) is 23.1 Å². The van der Waals surface area contributed by atoms with Crippen LogP contribution in [0.5, 0.6) is 0 Å². The zero-order valence-electron chi connectivity index (χ0n) is 18.2. The molecule has 3 rings (SSSR count). The Hall–Kier alpha value is -2.93. The Labute approximate surface area is 192 Å². The highest BCUT2D eigenvalue weighted by Crippen LogP contribution is 2.19. The van der Waals surface area contributed by atoms with Crippen LogP contribution in [-0.2, 0) is 4.79 Å². The second kappa shape index (κ2) is 10.6. The number of halogens is 2. The SMILES string of the molecule is CCC(C)C(NC(=O)c1ccccc1)C(=O)N1CCN(C(=O)c2cc(Cl)ccc2F)CC1. The lowest BCUT2D eigenvalue weighted by atomic mass is 9.97. The van der Waals surface area contributed by atoms with Crippen LogP contribution in [0.25, 0.3) is 0 Å². The zero-order chi connectivity index (χ0) is 23.3. The molecule has 0 aliphatic carbocycles. The van der Waals surface area contributed by atoms with Crippen LogP contribution in [-0.4, -0.2) is 59.7 Å². The van der Waals surface area contributed by atoms with Gasteiger partial charge in [0.1, 0.15) is 11.9 Å². The van der Waals surface area contributed by atoms with Crippen LogP contribution in [0.3, 0.4) is 0 Å². The number of nitrogens with zero attached hydrogens (tertiary/aromatic N) is 2. The second-order valence-electron chi connectivity index (χ2n) is 7.94. The van der Waals surface area contributed by atoms with Crippen LogP contribution < -0.4 is 5.32 Å². The lowest BCUT2D eigenvalue weighted by Gasteiger charge is -2.37. The molecule has 1 N–H and O–H groups in total. The van der Waals surface area contributed by atoms with Crippen molar-refractivity contribution in [3.63, 3.8) is 0 Å². The Morgan fingerprint density at radius 2 is 1.66 bits per heavy atom. The molecule has 170 valence electrons. The molecule has 0 saturated carbocycles. The molecule has 1 heterocycles. The number of piperazine rings is 1. The minimum absolute atomic E-state index is 0.0598. The van der Waals surface area contributed by atoms with E-state index in [1.807, 2.05) is 19.9 Å². The van der Waals surface area contributed by atoms with Crippen molar-refractivity contribution in [3.05, 3.63) is 70.5 Å². The average molecular weight is 460 g/mol. The van der Waals surface area contributed by atoms with Crippen LogP contribution in [0.15, 0.2) is 48.5 Å². The molecule has 1 aliphatic heterocycles. The van der Waals surface area contributed by atoms with Gasteiger partial charge in [-0.3, -0.25) is 14.4 Å². The van der Waals surface area contributed by atoms with E-state index in [2.05, 4.69) is 5.32 Å². The second-order valence-corrected chi connectivity index (χ2v) is 8.38. The first-order valence-corrected chi connectivity index (χ1v) is 11.1. The molecule has 2 atom stereocenters. The summed E-state index contributed by atoms with van der Waals surface area (Å²) in [6, 6.07) is 12.0. The molecule has 0 aromatic heterocycles. The summed E-state index contributed by atoms with van der Waals surface area (Å²) in [5.41, 5.74) is 0.414. The van der Waals surface area contributed by atoms with Crippen LogP contribution in [0, 0.1) is 11.7 Å². The van der Waals surface area contributed by atoms with E-state index in [1.54, 1.807) is 29.2 Å². The Balaban J connectivity index is 1.65. The summed E-state index contributed by atoms with van der Waals surface area (Å²) >= 11 is 5.90. The van der Waals surface area contributed by atoms with Crippen molar-refractivity contribution < 1.29 is 18.8 Å². The number of hydrogen-bond acceptors (Lipinski definition) is 3. The topological polar surface area (TPSA) is 69.7 Å². The number of carbonyl (C=O) groups is 3. The van der Waals surface area contributed by atoms with Gasteiger partial charge in [0.15, 0.2) is 0 Å². The molecular weight excluding hydrogens is 433 g/mol. The maximum atomic E-state index is 14.1. The number of amides is 3. The van der Waals surface area contributed by atoms with Gasteiger partial charge in [0.25, 0.3) is 11.8 Å². The quantitative estimate of drug-likeness (QED) is 0.717. The first kappa shape index (κ1) is 23.7. The van der Waals surface area contributed by atoms with Gasteiger partial charge in [0, 0.05) is 36.8 Å². The summed E-state index contributed by atoms with van der Waals surface area (Å²) in [4.78, 5) is 41.8. The van der Waals surface area contributed by atoms with Crippen molar-refractivity contribution in [2.75, 3.05) is 26.2 Å². The van der Waals surface area contributed by atoms with Crippen molar-refractivity contribution in [1.82, 2.24) is 15.1 Å². The lowest BCUT2D eigenvalue weighted by molar-refractivity contribution is -0.136. The van der Waals surface area contributed by atoms with Gasteiger partial charge in [-0.25, -0.2) is 4.39 Å². The average Bonchev–Trinajstić information content (AvgIpc) is 2.83. The van der Waals surface area contributed by atoms with E-state index < -0.39 is 17.8 Å². The van der Waals surface area contributed by atoms with E-state index in [-0.39, 0.29) is 41.4 Å². The largest absolute Gasteiger partial charge is 0.340 e. The van der Waals surface area contributed by atoms with E-state index in [9.17, 15) is 18.8 Å². The highest BCUT2D eigenvalue weighted by molar-refractivity contribution is 6.31. The third-order valence-electron chi connectivity index (χ3n) is 5.84. The van der Waals surface area contributed by atoms with Crippen LogP contribution in [0.2, 0.25) is 5.02 Å². The molecule has 1 saturated heterocycles. The third-order valence-corrected chi connectivity index (χ3v) is 6.07. The summed E-state index contributed by atoms with van der Waals surface area (Å²) in [5, 5.41) is 3.17. The van der Waals surface area contributed by atoms with Crippen molar-refractivity contribution >= 4 is 29.3 Å². The van der Waals surface area contributed by atoms with Gasteiger partial charge in [-0.1, -0.05) is 50.1 Å². The van der Waals surface area contributed by atoms with Gasteiger partial charge in [-0.05, 0) is 36.2 Å². The predicted molar refractivity (Wildman–Crippen MR) is 121 cm³/mol. The monoisotopic (exact) mass is 459 g/mol. The lowest BCUT2D eigenvalue weighted by Crippen LogP contribution is -2.57. The van der Waals surface area contributed by atoms with Gasteiger partial charge in [0.2, 0.25) is 5.91 Å². The molecule has 6 nitrogen and oxygen atoms in total. The molecule has 1 aliphatic rings. The van der Waals surface area contributed by atoms with Gasteiger partial charge in [-0.2, -0.15) is 0 Å². The molecule has 3 amide bonds. The fourth-order valence-corrected chi connectivity index (χ4v) is 3.83. The standard InChI is InChI=1S/C24H27ClFN3O3/c1-3-16(2)21(27-22(30)17-7-5-4-6-8-17)24(32)29-13-11-28(12-14-29)23(31)19-15-18(25)9-10-20(19)26/h4-10,15-16,21H,3,11-14H2,1-2H3,(H,27,30). The van der Waals surface area contributed by atoms with Crippen LogP contribution in [0.1, 0.15) is 41.0 Å². The maximum absolute atomic E-state index is 14.1. The number of nitrogens with one attached hydrogen (secondary N) is 1. The van der Waals surface area contributed by atoms with Gasteiger partial charge in [-0.15, -0.1) is 0 Å². The Morgan fingerprint density at radius 1 is 1.03 bits per heavy atom. The molecule has 8 heteroatoms. The number of rotatable bonds is 6. The summed E-state index contributed by atoms with van der Waals surface area (Å²) in [5.74, 6) is -1.61. The maximum Gasteiger partial charge on any atom is 0.257 e. The van der Waals surface area contributed by atoms with Gasteiger partial charge >= 0.3 is 0 Å². The Morgan fingerprint density at radius 3 is 2.28 bits per heavy atom. The van der Waals surface area contributed by atoms with E-state index in [0.717, 1.165) is 6.42 Å². The Bertz CT molecular complexity index is 978. The van der Waals surface area contributed by atoms with Crippen molar-refractivity contribution in [1.29, 1.82) is 0 Å². The molecule has 2 aromatic carbocycles.